The van der Waals surface area contributed by atoms with E-state index in [1.807, 2.05) is 22.8 Å². The summed E-state index contributed by atoms with van der Waals surface area (Å²) in [5.41, 5.74) is 6.77. The van der Waals surface area contributed by atoms with Gasteiger partial charge in [-0.2, -0.15) is 0 Å². The first-order valence-corrected chi connectivity index (χ1v) is 32.2. The fraction of sp³-hybridized carbons (Fsp3) is 0.773. The van der Waals surface area contributed by atoms with Crippen molar-refractivity contribution in [3.63, 3.8) is 0 Å². The molecule has 2 heterocycles. The fourth-order valence-corrected chi connectivity index (χ4v) is 47.5. The summed E-state index contributed by atoms with van der Waals surface area (Å²) >= 11 is 18.7. The Morgan fingerprint density at radius 1 is 0.667 bits per heavy atom. The van der Waals surface area contributed by atoms with E-state index in [2.05, 4.69) is 52.4 Å². The summed E-state index contributed by atoms with van der Waals surface area (Å²) in [6.45, 7) is 13.2. The summed E-state index contributed by atoms with van der Waals surface area (Å²) in [4.78, 5) is 23.5. The average Bonchev–Trinajstić information content (AvgIpc) is 3.60. The van der Waals surface area contributed by atoms with E-state index in [4.69, 9.17) is 42.1 Å². The summed E-state index contributed by atoms with van der Waals surface area (Å²) in [6, 6.07) is 0. The molecule has 57 heavy (non-hydrogen) atoms. The Kier molecular flexibility index (Phi) is 10.2. The zero-order valence-corrected chi connectivity index (χ0v) is 40.2. The van der Waals surface area contributed by atoms with E-state index in [9.17, 15) is 9.59 Å². The van der Waals surface area contributed by atoms with Gasteiger partial charge in [-0.3, -0.25) is 9.59 Å². The molecular weight excluding hydrogens is 847 g/mol. The summed E-state index contributed by atoms with van der Waals surface area (Å²) in [5.74, 6) is 3.62. The quantitative estimate of drug-likeness (QED) is 0.154. The first-order valence-electron chi connectivity index (χ1n) is 21.7. The highest BCUT2D eigenvalue weighted by molar-refractivity contribution is 9.23. The second-order valence-electron chi connectivity index (χ2n) is 20.4. The number of allylic oxidation sites excluding steroid dienone is 2. The van der Waals surface area contributed by atoms with Gasteiger partial charge < -0.3 is 18.5 Å². The molecule has 0 N–H and O–H groups in total. The molecule has 0 spiro atoms. The van der Waals surface area contributed by atoms with Gasteiger partial charge in [0.2, 0.25) is 9.34 Å². The lowest BCUT2D eigenvalue weighted by Gasteiger charge is -2.57. The third-order valence-corrected chi connectivity index (χ3v) is 40.6. The average molecular weight is 907 g/mol. The van der Waals surface area contributed by atoms with Crippen LogP contribution >= 0.6 is 43.1 Å². The number of hydrogen-bond donors (Lipinski definition) is 0. The van der Waals surface area contributed by atoms with Gasteiger partial charge in [0.25, 0.3) is 0 Å². The number of fused-ring (bicyclic) bond motifs is 14. The molecule has 0 bridgehead atoms. The van der Waals surface area contributed by atoms with E-state index in [1.165, 1.54) is 49.7 Å². The number of rotatable bonds is 4. The molecule has 0 aromatic heterocycles. The van der Waals surface area contributed by atoms with Crippen LogP contribution in [0.4, 0.5) is 0 Å². The van der Waals surface area contributed by atoms with Gasteiger partial charge in [0, 0.05) is 48.2 Å². The molecule has 2 aliphatic heterocycles. The van der Waals surface area contributed by atoms with Crippen LogP contribution < -0.4 is 0 Å². The zero-order chi connectivity index (χ0) is 39.9. The van der Waals surface area contributed by atoms with Crippen LogP contribution in [0, 0.1) is 57.2 Å². The number of hydrogen-bond acceptors (Lipinski definition) is 11. The minimum absolute atomic E-state index is 0.0346. The summed E-state index contributed by atoms with van der Waals surface area (Å²) < 4.78 is 20.2. The monoisotopic (exact) mass is 906 g/mol. The van der Waals surface area contributed by atoms with E-state index in [1.54, 1.807) is 36.0 Å². The molecule has 0 radical (unpaired) electrons. The minimum atomic E-state index is -2.37. The van der Waals surface area contributed by atoms with Crippen molar-refractivity contribution in [3.8, 4) is 0 Å². The van der Waals surface area contributed by atoms with Crippen molar-refractivity contribution >= 4 is 78.7 Å². The van der Waals surface area contributed by atoms with Gasteiger partial charge in [0.05, 0.1) is 12.5 Å². The van der Waals surface area contributed by atoms with Crippen molar-refractivity contribution in [2.45, 2.75) is 154 Å². The molecule has 16 atom stereocenters. The number of carbonyl (C=O) groups excluding carboxylic acids is 2. The Morgan fingerprint density at radius 2 is 1.07 bits per heavy atom. The van der Waals surface area contributed by atoms with Gasteiger partial charge in [-0.15, -0.1) is 0 Å². The maximum Gasteiger partial charge on any atom is 0.302 e. The Bertz CT molecular complexity index is 1860. The van der Waals surface area contributed by atoms with Crippen LogP contribution in [-0.2, 0) is 51.7 Å². The molecule has 0 aromatic carbocycles. The maximum absolute atomic E-state index is 11.8. The van der Waals surface area contributed by atoms with Crippen molar-refractivity contribution in [1.82, 2.24) is 0 Å². The van der Waals surface area contributed by atoms with Gasteiger partial charge in [-0.25, -0.2) is 0 Å². The molecule has 6 saturated carbocycles. The zero-order valence-electron chi connectivity index (χ0n) is 34.4. The predicted octanol–water partition coefficient (Wildman–Crippen LogP) is 13.2. The van der Waals surface area contributed by atoms with E-state index in [0.29, 0.717) is 46.0 Å². The van der Waals surface area contributed by atoms with Crippen LogP contribution in [-0.4, -0.2) is 34.6 Å². The van der Waals surface area contributed by atoms with Crippen LogP contribution in [0.5, 0.6) is 0 Å². The van der Waals surface area contributed by atoms with Crippen molar-refractivity contribution in [3.05, 3.63) is 47.0 Å². The van der Waals surface area contributed by atoms with Crippen molar-refractivity contribution in [2.75, 3.05) is 0 Å². The lowest BCUT2D eigenvalue weighted by molar-refractivity contribution is -0.149. The van der Waals surface area contributed by atoms with Crippen LogP contribution in [0.15, 0.2) is 47.0 Å². The molecule has 0 amide bonds. The first kappa shape index (κ1) is 40.9. The highest BCUT2D eigenvalue weighted by atomic mass is 33.5. The summed E-state index contributed by atoms with van der Waals surface area (Å²) in [7, 11) is 0. The molecule has 0 aromatic rings. The topological polar surface area (TPSA) is 71.1 Å². The molecule has 8 aliphatic carbocycles. The molecule has 0 saturated heterocycles. The molecule has 10 rings (SSSR count). The third kappa shape index (κ3) is 6.50. The molecule has 2 unspecified atom stereocenters. The van der Waals surface area contributed by atoms with Crippen molar-refractivity contribution in [1.29, 1.82) is 0 Å². The summed E-state index contributed by atoms with van der Waals surface area (Å²) in [5, 5.41) is 0.789. The second kappa shape index (κ2) is 14.2. The maximum atomic E-state index is 11.8. The normalized spacial score (nSPS) is 51.7. The third-order valence-electron chi connectivity index (χ3n) is 17.8. The Balaban J connectivity index is 0.822. The molecule has 6 fully saturated rings. The smallest absolute Gasteiger partial charge is 0.302 e. The lowest BCUT2D eigenvalue weighted by Crippen LogP contribution is -2.49. The molecule has 10 aliphatic rings. The SMILES string of the molecule is CC(=O)O[C@H]1CC[C@@]2(C)C(=CC[C@@H]3[C@@H]2CC[C@]2(C)C4=COP(=S)(SP5(=S)OC=C6[C@@H](C[C@H]7[C@@H]8CC=C9C[C@@H](OC(C)=O)CC[C@]9(C)[C@H]8CC[C@]67C)S5)S[C@@H]4C[C@@H]32)C1. The van der Waals surface area contributed by atoms with Crippen LogP contribution in [0.2, 0.25) is 0 Å². The Labute approximate surface area is 362 Å². The van der Waals surface area contributed by atoms with Gasteiger partial charge >= 0.3 is 11.9 Å². The predicted molar refractivity (Wildman–Crippen MR) is 243 cm³/mol. The fourth-order valence-electron chi connectivity index (χ4n) is 15.0. The van der Waals surface area contributed by atoms with Crippen molar-refractivity contribution < 1.29 is 28.1 Å². The molecular formula is C44H60O6P2S5. The van der Waals surface area contributed by atoms with E-state index < -0.39 is 9.34 Å². The highest BCUT2D eigenvalue weighted by Crippen LogP contribution is 2.92. The van der Waals surface area contributed by atoms with E-state index in [0.717, 1.165) is 51.4 Å². The molecule has 6 nitrogen and oxygen atoms in total. The van der Waals surface area contributed by atoms with E-state index >= 15 is 0 Å². The molecule has 13 heteroatoms. The van der Waals surface area contributed by atoms with Gasteiger partial charge in [-0.1, -0.05) is 73.8 Å². The van der Waals surface area contributed by atoms with Crippen LogP contribution in [0.3, 0.4) is 0 Å². The number of esters is 2. The van der Waals surface area contributed by atoms with Gasteiger partial charge in [0.15, 0.2) is 0 Å². The standard InChI is InChI=1S/C44H60O6P2S5/c1-25(45)49-29-11-15-41(3)27(19-29)7-9-31-33(41)13-17-43(5)35(31)21-39-37(43)23-47-51(53,55-39)57-52(54)48-24-38-40(56-52)22-36-32-10-8-28-20-30(50-26(2)46)12-16-42(28,4)34(32)14-18-44(36,38)6/h7-8,23-24,29-36,39-40H,9-22H2,1-6H3/t29-,30-,31+,32+,33-,34-,35-,36-,39+,40+,41-,42-,43-,44-,51?,52?/m0/s1. The second-order valence-corrected chi connectivity index (χ2v) is 40.9. The molecule has 312 valence electrons. The lowest BCUT2D eigenvalue weighted by atomic mass is 9.48. The van der Waals surface area contributed by atoms with E-state index in [-0.39, 0.29) is 45.8 Å². The number of ether oxygens (including phenoxy) is 2. The van der Waals surface area contributed by atoms with Gasteiger partial charge in [0.1, 0.15) is 12.2 Å². The Morgan fingerprint density at radius 3 is 1.47 bits per heavy atom. The largest absolute Gasteiger partial charge is 0.462 e. The van der Waals surface area contributed by atoms with Crippen LogP contribution in [0.25, 0.3) is 0 Å². The van der Waals surface area contributed by atoms with Crippen LogP contribution in [0.1, 0.15) is 131 Å². The number of carbonyl (C=O) groups is 2. The van der Waals surface area contributed by atoms with Gasteiger partial charge in [-0.05, 0) is 169 Å². The minimum Gasteiger partial charge on any atom is -0.462 e. The first-order chi connectivity index (χ1) is 27.0. The van der Waals surface area contributed by atoms with Crippen molar-refractivity contribution in [2.24, 2.45) is 57.2 Å². The summed E-state index contributed by atoms with van der Waals surface area (Å²) in [6.07, 6.45) is 24.9. The highest BCUT2D eigenvalue weighted by Gasteiger charge is 2.63. The Hall–Kier alpha value is -0.150.